The molecule has 2 rings (SSSR count). The summed E-state index contributed by atoms with van der Waals surface area (Å²) in [5.41, 5.74) is 2.10. The van der Waals surface area contributed by atoms with Crippen molar-refractivity contribution in [2.24, 2.45) is 0 Å². The van der Waals surface area contributed by atoms with Crippen LogP contribution in [0.3, 0.4) is 0 Å². The van der Waals surface area contributed by atoms with Gasteiger partial charge >= 0.3 is 0 Å². The highest BCUT2D eigenvalue weighted by Crippen LogP contribution is 2.21. The van der Waals surface area contributed by atoms with Crippen LogP contribution in [0, 0.1) is 0 Å². The molecule has 0 fully saturated rings. The van der Waals surface area contributed by atoms with E-state index in [4.69, 9.17) is 16.3 Å². The van der Waals surface area contributed by atoms with E-state index >= 15 is 0 Å². The van der Waals surface area contributed by atoms with Crippen molar-refractivity contribution >= 4 is 11.6 Å². The van der Waals surface area contributed by atoms with Crippen LogP contribution in [0.1, 0.15) is 12.5 Å². The minimum absolute atomic E-state index is 0.149. The van der Waals surface area contributed by atoms with Crippen LogP contribution in [0.25, 0.3) is 11.3 Å². The SMILES string of the molecule is CCOc1cccc(-c2ccc(CCl)c(=O)[nH]2)c1. The summed E-state index contributed by atoms with van der Waals surface area (Å²) >= 11 is 5.66. The number of benzene rings is 1. The third-order valence-electron chi connectivity index (χ3n) is 2.59. The van der Waals surface area contributed by atoms with Gasteiger partial charge in [-0.1, -0.05) is 18.2 Å². The summed E-state index contributed by atoms with van der Waals surface area (Å²) in [5.74, 6) is 1.01. The molecule has 1 aromatic carbocycles. The van der Waals surface area contributed by atoms with Gasteiger partial charge in [-0.15, -0.1) is 11.6 Å². The number of hydrogen-bond acceptors (Lipinski definition) is 2. The van der Waals surface area contributed by atoms with Gasteiger partial charge in [0.15, 0.2) is 0 Å². The van der Waals surface area contributed by atoms with E-state index < -0.39 is 0 Å². The van der Waals surface area contributed by atoms with Crippen molar-refractivity contribution < 1.29 is 4.74 Å². The molecule has 1 heterocycles. The van der Waals surface area contributed by atoms with E-state index in [9.17, 15) is 4.79 Å². The van der Waals surface area contributed by atoms with Crippen LogP contribution in [-0.2, 0) is 5.88 Å². The maximum atomic E-state index is 11.7. The Hall–Kier alpha value is -1.74. The molecule has 94 valence electrons. The summed E-state index contributed by atoms with van der Waals surface area (Å²) in [6.45, 7) is 2.55. The molecule has 4 heteroatoms. The molecule has 0 unspecified atom stereocenters. The largest absolute Gasteiger partial charge is 0.494 e. The fraction of sp³-hybridized carbons (Fsp3) is 0.214. The first-order valence-electron chi connectivity index (χ1n) is 5.76. The zero-order chi connectivity index (χ0) is 13.0. The van der Waals surface area contributed by atoms with Gasteiger partial charge in [-0.3, -0.25) is 4.79 Å². The highest BCUT2D eigenvalue weighted by Gasteiger charge is 2.03. The molecule has 0 aliphatic carbocycles. The molecule has 2 aromatic rings. The first kappa shape index (κ1) is 12.7. The molecule has 0 radical (unpaired) electrons. The van der Waals surface area contributed by atoms with E-state index in [0.29, 0.717) is 12.2 Å². The summed E-state index contributed by atoms with van der Waals surface area (Å²) in [6, 6.07) is 11.2. The Labute approximate surface area is 110 Å². The van der Waals surface area contributed by atoms with Crippen molar-refractivity contribution in [3.8, 4) is 17.0 Å². The lowest BCUT2D eigenvalue weighted by molar-refractivity contribution is 0.340. The molecule has 1 aromatic heterocycles. The topological polar surface area (TPSA) is 42.1 Å². The number of H-pyrrole nitrogens is 1. The number of pyridine rings is 1. The number of nitrogens with one attached hydrogen (secondary N) is 1. The third-order valence-corrected chi connectivity index (χ3v) is 2.88. The molecule has 0 saturated heterocycles. The number of alkyl halides is 1. The Balaban J connectivity index is 2.39. The van der Waals surface area contributed by atoms with Crippen LogP contribution >= 0.6 is 11.6 Å². The second-order valence-corrected chi connectivity index (χ2v) is 4.09. The van der Waals surface area contributed by atoms with Gasteiger partial charge in [-0.25, -0.2) is 0 Å². The quantitative estimate of drug-likeness (QED) is 0.861. The molecular weight excluding hydrogens is 250 g/mol. The van der Waals surface area contributed by atoms with Crippen LogP contribution in [0.2, 0.25) is 0 Å². The number of aromatic amines is 1. The molecule has 0 saturated carbocycles. The summed E-state index contributed by atoms with van der Waals surface area (Å²) < 4.78 is 5.43. The molecule has 0 aliphatic heterocycles. The van der Waals surface area contributed by atoms with E-state index in [1.54, 1.807) is 6.07 Å². The fourth-order valence-electron chi connectivity index (χ4n) is 1.70. The molecule has 3 nitrogen and oxygen atoms in total. The Kier molecular flexibility index (Phi) is 4.05. The minimum atomic E-state index is -0.149. The smallest absolute Gasteiger partial charge is 0.252 e. The zero-order valence-corrected chi connectivity index (χ0v) is 10.8. The highest BCUT2D eigenvalue weighted by molar-refractivity contribution is 6.17. The van der Waals surface area contributed by atoms with E-state index in [1.165, 1.54) is 0 Å². The predicted octanol–water partition coefficient (Wildman–Crippen LogP) is 3.18. The average Bonchev–Trinajstić information content (AvgIpc) is 2.39. The van der Waals surface area contributed by atoms with Crippen LogP contribution in [0.5, 0.6) is 5.75 Å². The summed E-state index contributed by atoms with van der Waals surface area (Å²) in [7, 11) is 0. The number of rotatable bonds is 4. The first-order chi connectivity index (χ1) is 8.74. The molecule has 0 spiro atoms. The Morgan fingerprint density at radius 3 is 2.78 bits per heavy atom. The number of aromatic nitrogens is 1. The fourth-order valence-corrected chi connectivity index (χ4v) is 1.91. The Morgan fingerprint density at radius 2 is 2.11 bits per heavy atom. The van der Waals surface area contributed by atoms with Crippen molar-refractivity contribution in [1.82, 2.24) is 4.98 Å². The van der Waals surface area contributed by atoms with Crippen LogP contribution in [0.15, 0.2) is 41.2 Å². The molecule has 0 amide bonds. The van der Waals surface area contributed by atoms with Gasteiger partial charge in [0.1, 0.15) is 5.75 Å². The molecule has 0 bridgehead atoms. The van der Waals surface area contributed by atoms with Crippen molar-refractivity contribution in [2.75, 3.05) is 6.61 Å². The molecule has 1 N–H and O–H groups in total. The zero-order valence-electron chi connectivity index (χ0n) is 10.1. The average molecular weight is 264 g/mol. The van der Waals surface area contributed by atoms with E-state index in [0.717, 1.165) is 17.0 Å². The van der Waals surface area contributed by atoms with Crippen molar-refractivity contribution in [2.45, 2.75) is 12.8 Å². The van der Waals surface area contributed by atoms with E-state index in [2.05, 4.69) is 4.98 Å². The van der Waals surface area contributed by atoms with E-state index in [-0.39, 0.29) is 11.4 Å². The monoisotopic (exact) mass is 263 g/mol. The summed E-state index contributed by atoms with van der Waals surface area (Å²) in [4.78, 5) is 14.5. The van der Waals surface area contributed by atoms with Gasteiger partial charge in [-0.2, -0.15) is 0 Å². The van der Waals surface area contributed by atoms with Gasteiger partial charge in [0.25, 0.3) is 5.56 Å². The maximum Gasteiger partial charge on any atom is 0.252 e. The molecule has 0 aliphatic rings. The molecule has 18 heavy (non-hydrogen) atoms. The van der Waals surface area contributed by atoms with Gasteiger partial charge < -0.3 is 9.72 Å². The second kappa shape index (κ2) is 5.74. The van der Waals surface area contributed by atoms with Gasteiger partial charge in [0.2, 0.25) is 0 Å². The van der Waals surface area contributed by atoms with Gasteiger partial charge in [-0.05, 0) is 25.1 Å². The molecular formula is C14H14ClNO2. The van der Waals surface area contributed by atoms with Gasteiger partial charge in [0, 0.05) is 16.8 Å². The third kappa shape index (κ3) is 2.74. The lowest BCUT2D eigenvalue weighted by atomic mass is 10.1. The van der Waals surface area contributed by atoms with Crippen molar-refractivity contribution in [3.63, 3.8) is 0 Å². The Bertz CT molecular complexity index is 592. The maximum absolute atomic E-state index is 11.7. The lowest BCUT2D eigenvalue weighted by Gasteiger charge is -2.06. The van der Waals surface area contributed by atoms with Crippen LogP contribution < -0.4 is 10.3 Å². The minimum Gasteiger partial charge on any atom is -0.494 e. The first-order valence-corrected chi connectivity index (χ1v) is 6.29. The van der Waals surface area contributed by atoms with Crippen LogP contribution in [0.4, 0.5) is 0 Å². The van der Waals surface area contributed by atoms with Crippen LogP contribution in [-0.4, -0.2) is 11.6 Å². The Morgan fingerprint density at radius 1 is 1.28 bits per heavy atom. The lowest BCUT2D eigenvalue weighted by Crippen LogP contribution is -2.11. The van der Waals surface area contributed by atoms with Gasteiger partial charge in [0.05, 0.1) is 12.5 Å². The highest BCUT2D eigenvalue weighted by atomic mass is 35.5. The number of ether oxygens (including phenoxy) is 1. The van der Waals surface area contributed by atoms with E-state index in [1.807, 2.05) is 37.3 Å². The normalized spacial score (nSPS) is 10.3. The standard InChI is InChI=1S/C14H14ClNO2/c1-2-18-12-5-3-4-10(8-12)13-7-6-11(9-15)14(17)16-13/h3-8H,2,9H2,1H3,(H,16,17). The number of halogens is 1. The second-order valence-electron chi connectivity index (χ2n) is 3.82. The van der Waals surface area contributed by atoms with Crippen molar-refractivity contribution in [3.05, 3.63) is 52.3 Å². The van der Waals surface area contributed by atoms with Crippen molar-refractivity contribution in [1.29, 1.82) is 0 Å². The number of hydrogen-bond donors (Lipinski definition) is 1. The predicted molar refractivity (Wildman–Crippen MR) is 73.2 cm³/mol. The summed E-state index contributed by atoms with van der Waals surface area (Å²) in [5, 5.41) is 0. The molecule has 0 atom stereocenters. The summed E-state index contributed by atoms with van der Waals surface area (Å²) in [6.07, 6.45) is 0.